The van der Waals surface area contributed by atoms with E-state index in [-0.39, 0.29) is 11.3 Å². The van der Waals surface area contributed by atoms with E-state index in [9.17, 15) is 9.90 Å². The van der Waals surface area contributed by atoms with E-state index in [1.807, 2.05) is 31.3 Å². The summed E-state index contributed by atoms with van der Waals surface area (Å²) in [4.78, 5) is 28.1. The first-order valence-electron chi connectivity index (χ1n) is 11.3. The lowest BCUT2D eigenvalue weighted by Gasteiger charge is -2.44. The molecule has 5 rings (SSSR count). The van der Waals surface area contributed by atoms with Crippen molar-refractivity contribution in [1.82, 2.24) is 19.9 Å². The lowest BCUT2D eigenvalue weighted by Crippen LogP contribution is -2.61. The summed E-state index contributed by atoms with van der Waals surface area (Å²) in [7, 11) is 0. The van der Waals surface area contributed by atoms with Crippen LogP contribution in [0, 0.1) is 6.92 Å². The summed E-state index contributed by atoms with van der Waals surface area (Å²) in [5.41, 5.74) is 6.01. The third-order valence-corrected chi connectivity index (χ3v) is 6.71. The number of fused-ring (bicyclic) bond motifs is 1. The number of nitrogens with zero attached hydrogens (tertiary/aromatic N) is 4. The minimum absolute atomic E-state index is 0.0681. The number of hydrogen-bond acceptors (Lipinski definition) is 6. The molecule has 0 radical (unpaired) electrons. The lowest BCUT2D eigenvalue weighted by molar-refractivity contribution is -0.0668. The highest BCUT2D eigenvalue weighted by atomic mass is 16.3. The third kappa shape index (κ3) is 4.09. The van der Waals surface area contributed by atoms with E-state index in [2.05, 4.69) is 35.2 Å². The minimum atomic E-state index is -0.779. The molecule has 0 spiro atoms. The summed E-state index contributed by atoms with van der Waals surface area (Å²) < 4.78 is 0. The topological polar surface area (TPSA) is 91.2 Å². The number of aromatic nitrogens is 3. The second-order valence-corrected chi connectivity index (χ2v) is 10.2. The third-order valence-electron chi connectivity index (χ3n) is 6.71. The molecule has 7 heteroatoms. The molecule has 170 valence electrons. The molecule has 2 aliphatic rings. The van der Waals surface area contributed by atoms with Gasteiger partial charge in [0.25, 0.3) is 5.91 Å². The standard InChI is InChI=1S/C26H29N5O2/c1-16-11-17(23(32)31-14-26(4,33)15-31)5-6-20(16)29-24-27-10-8-21(30-24)18-12-19-22(28-13-18)7-9-25(19,2)3/h5-6,8,10-13,33H,7,9,14-15H2,1-4H3,(H,27,29,30). The van der Waals surface area contributed by atoms with Crippen molar-refractivity contribution in [3.8, 4) is 11.3 Å². The zero-order chi connectivity index (χ0) is 23.4. The minimum Gasteiger partial charge on any atom is -0.386 e. The molecule has 7 nitrogen and oxygen atoms in total. The Morgan fingerprint density at radius 3 is 2.64 bits per heavy atom. The molecule has 0 bridgehead atoms. The Morgan fingerprint density at radius 1 is 1.12 bits per heavy atom. The zero-order valence-electron chi connectivity index (χ0n) is 19.5. The summed E-state index contributed by atoms with van der Waals surface area (Å²) in [5.74, 6) is 0.426. The van der Waals surface area contributed by atoms with E-state index in [4.69, 9.17) is 4.98 Å². The number of aliphatic hydroxyl groups is 1. The van der Waals surface area contributed by atoms with Crippen molar-refractivity contribution in [2.45, 2.75) is 51.6 Å². The van der Waals surface area contributed by atoms with E-state index in [1.54, 1.807) is 24.1 Å². The van der Waals surface area contributed by atoms with Gasteiger partial charge in [0.1, 0.15) is 0 Å². The highest BCUT2D eigenvalue weighted by Gasteiger charge is 2.39. The molecule has 0 atom stereocenters. The molecule has 1 saturated heterocycles. The van der Waals surface area contributed by atoms with E-state index in [0.29, 0.717) is 24.6 Å². The van der Waals surface area contributed by atoms with Gasteiger partial charge < -0.3 is 15.3 Å². The molecule has 3 heterocycles. The predicted octanol–water partition coefficient (Wildman–Crippen LogP) is 4.02. The van der Waals surface area contributed by atoms with Crippen LogP contribution in [0.4, 0.5) is 11.6 Å². The van der Waals surface area contributed by atoms with Crippen LogP contribution in [0.25, 0.3) is 11.3 Å². The Hall–Kier alpha value is -3.32. The van der Waals surface area contributed by atoms with Gasteiger partial charge in [-0.1, -0.05) is 13.8 Å². The molecule has 33 heavy (non-hydrogen) atoms. The highest BCUT2D eigenvalue weighted by molar-refractivity contribution is 5.95. The molecule has 0 unspecified atom stereocenters. The van der Waals surface area contributed by atoms with Crippen LogP contribution in [0.5, 0.6) is 0 Å². The molecular weight excluding hydrogens is 414 g/mol. The van der Waals surface area contributed by atoms with Crippen LogP contribution in [0.1, 0.15) is 54.4 Å². The maximum atomic E-state index is 12.6. The van der Waals surface area contributed by atoms with Crippen molar-refractivity contribution in [2.24, 2.45) is 0 Å². The monoisotopic (exact) mass is 443 g/mol. The van der Waals surface area contributed by atoms with Crippen LogP contribution in [0.15, 0.2) is 42.7 Å². The first kappa shape index (κ1) is 21.5. The summed E-state index contributed by atoms with van der Waals surface area (Å²) in [6.07, 6.45) is 5.77. The SMILES string of the molecule is Cc1cc(C(=O)N2CC(C)(O)C2)ccc1Nc1nccc(-c2cnc3c(c2)C(C)(C)CC3)n1. The van der Waals surface area contributed by atoms with Crippen LogP contribution in [-0.4, -0.2) is 49.6 Å². The second-order valence-electron chi connectivity index (χ2n) is 10.2. The Morgan fingerprint density at radius 2 is 1.91 bits per heavy atom. The number of nitrogens with one attached hydrogen (secondary N) is 1. The predicted molar refractivity (Wildman–Crippen MR) is 128 cm³/mol. The molecular formula is C26H29N5O2. The number of carbonyl (C=O) groups is 1. The maximum Gasteiger partial charge on any atom is 0.254 e. The van der Waals surface area contributed by atoms with Crippen LogP contribution in [-0.2, 0) is 11.8 Å². The molecule has 0 saturated carbocycles. The average molecular weight is 444 g/mol. The Balaban J connectivity index is 1.35. The number of hydrogen-bond donors (Lipinski definition) is 2. The number of likely N-dealkylation sites (tertiary alicyclic amines) is 1. The first-order chi connectivity index (χ1) is 15.6. The second kappa shape index (κ2) is 7.63. The van der Waals surface area contributed by atoms with Gasteiger partial charge in [-0.25, -0.2) is 9.97 Å². The van der Waals surface area contributed by atoms with Crippen molar-refractivity contribution in [2.75, 3.05) is 18.4 Å². The number of rotatable bonds is 4. The summed E-state index contributed by atoms with van der Waals surface area (Å²) in [5, 5.41) is 13.2. The van der Waals surface area contributed by atoms with Crippen molar-refractivity contribution in [3.63, 3.8) is 0 Å². The number of carbonyl (C=O) groups excluding carboxylic acids is 1. The van der Waals surface area contributed by atoms with Gasteiger partial charge in [0.05, 0.1) is 24.4 Å². The smallest absolute Gasteiger partial charge is 0.254 e. The lowest BCUT2D eigenvalue weighted by atomic mass is 9.86. The molecule has 3 aromatic rings. The normalized spacial score (nSPS) is 17.9. The number of β-amino-alcohol motifs (C(OH)–C–C–N with tert-alkyl or cyclic N) is 1. The fourth-order valence-corrected chi connectivity index (χ4v) is 4.72. The van der Waals surface area contributed by atoms with Gasteiger partial charge in [-0.2, -0.15) is 0 Å². The Labute approximate surface area is 193 Å². The van der Waals surface area contributed by atoms with Crippen LogP contribution >= 0.6 is 0 Å². The van der Waals surface area contributed by atoms with Gasteiger partial charge in [0, 0.05) is 34.9 Å². The quantitative estimate of drug-likeness (QED) is 0.633. The molecule has 2 aromatic heterocycles. The van der Waals surface area contributed by atoms with E-state index in [0.717, 1.165) is 35.3 Å². The number of anilines is 2. The molecule has 1 aliphatic carbocycles. The highest BCUT2D eigenvalue weighted by Crippen LogP contribution is 2.38. The molecule has 2 N–H and O–H groups in total. The summed E-state index contributed by atoms with van der Waals surface area (Å²) in [6.45, 7) is 8.93. The summed E-state index contributed by atoms with van der Waals surface area (Å²) >= 11 is 0. The Bertz CT molecular complexity index is 1240. The number of amides is 1. The number of pyridine rings is 1. The Kier molecular flexibility index (Phi) is 4.97. The maximum absolute atomic E-state index is 12.6. The van der Waals surface area contributed by atoms with Crippen molar-refractivity contribution in [3.05, 3.63) is 65.1 Å². The zero-order valence-corrected chi connectivity index (χ0v) is 19.5. The molecule has 1 aliphatic heterocycles. The van der Waals surface area contributed by atoms with E-state index in [1.165, 1.54) is 11.3 Å². The van der Waals surface area contributed by atoms with Crippen molar-refractivity contribution < 1.29 is 9.90 Å². The van der Waals surface area contributed by atoms with E-state index < -0.39 is 5.60 Å². The van der Waals surface area contributed by atoms with E-state index >= 15 is 0 Å². The van der Waals surface area contributed by atoms with Gasteiger partial charge in [0.2, 0.25) is 5.95 Å². The largest absolute Gasteiger partial charge is 0.386 e. The van der Waals surface area contributed by atoms with Crippen molar-refractivity contribution in [1.29, 1.82) is 0 Å². The average Bonchev–Trinajstić information content (AvgIpc) is 3.07. The van der Waals surface area contributed by atoms with Gasteiger partial charge in [0.15, 0.2) is 0 Å². The molecule has 1 amide bonds. The number of benzene rings is 1. The number of aryl methyl sites for hydroxylation is 2. The summed E-state index contributed by atoms with van der Waals surface area (Å²) in [6, 6.07) is 9.62. The van der Waals surface area contributed by atoms with Gasteiger partial charge in [-0.15, -0.1) is 0 Å². The molecule has 1 aromatic carbocycles. The van der Waals surface area contributed by atoms with Crippen molar-refractivity contribution >= 4 is 17.5 Å². The van der Waals surface area contributed by atoms with Crippen LogP contribution in [0.3, 0.4) is 0 Å². The van der Waals surface area contributed by atoms with Gasteiger partial charge in [-0.3, -0.25) is 9.78 Å². The first-order valence-corrected chi connectivity index (χ1v) is 11.3. The van der Waals surface area contributed by atoms with Gasteiger partial charge in [-0.05, 0) is 73.6 Å². The fourth-order valence-electron chi connectivity index (χ4n) is 4.72. The fraction of sp³-hybridized carbons (Fsp3) is 0.385. The van der Waals surface area contributed by atoms with Crippen LogP contribution < -0.4 is 5.32 Å². The van der Waals surface area contributed by atoms with Gasteiger partial charge >= 0.3 is 0 Å². The van der Waals surface area contributed by atoms with Crippen LogP contribution in [0.2, 0.25) is 0 Å². The molecule has 1 fully saturated rings.